The molecule has 3 aliphatic rings. The zero-order chi connectivity index (χ0) is 18.7. The lowest BCUT2D eigenvalue weighted by Crippen LogP contribution is -2.65. The smallest absolute Gasteiger partial charge is 0.243 e. The Balaban J connectivity index is 1.45. The Hall–Kier alpha value is -1.66. The molecule has 4 rings (SSSR count). The average Bonchev–Trinajstić information content (AvgIpc) is 2.74. The molecule has 0 unspecified atom stereocenters. The van der Waals surface area contributed by atoms with Crippen molar-refractivity contribution in [1.29, 1.82) is 0 Å². The number of pyridine rings is 1. The third-order valence-electron chi connectivity index (χ3n) is 6.51. The third kappa shape index (κ3) is 3.83. The van der Waals surface area contributed by atoms with Gasteiger partial charge in [-0.3, -0.25) is 14.7 Å². The van der Waals surface area contributed by atoms with Crippen LogP contribution in [-0.2, 0) is 9.53 Å². The molecule has 0 atom stereocenters. The minimum absolute atomic E-state index is 0.280. The van der Waals surface area contributed by atoms with Crippen molar-refractivity contribution in [3.8, 4) is 0 Å². The van der Waals surface area contributed by atoms with E-state index in [1.165, 1.54) is 24.9 Å². The Morgan fingerprint density at radius 2 is 1.74 bits per heavy atom. The fraction of sp³-hybridized carbons (Fsp3) is 0.714. The second kappa shape index (κ2) is 8.15. The summed E-state index contributed by atoms with van der Waals surface area (Å²) in [5.74, 6) is 0.370. The second-order valence-electron chi connectivity index (χ2n) is 8.13. The first-order valence-corrected chi connectivity index (χ1v) is 10.5. The number of rotatable bonds is 3. The maximum atomic E-state index is 13.7. The highest BCUT2D eigenvalue weighted by Crippen LogP contribution is 2.36. The number of carbonyl (C=O) groups is 1. The lowest BCUT2D eigenvalue weighted by Gasteiger charge is -2.49. The topological polar surface area (TPSA) is 48.9 Å². The number of aryl methyl sites for hydroxylation is 1. The van der Waals surface area contributed by atoms with Crippen LogP contribution in [0.3, 0.4) is 0 Å². The van der Waals surface area contributed by atoms with Gasteiger partial charge < -0.3 is 14.5 Å². The number of amides is 1. The van der Waals surface area contributed by atoms with Crippen LogP contribution in [0.4, 0.5) is 5.69 Å². The Morgan fingerprint density at radius 1 is 1.04 bits per heavy atom. The number of hydrogen-bond acceptors (Lipinski definition) is 5. The van der Waals surface area contributed by atoms with E-state index in [-0.39, 0.29) is 5.54 Å². The van der Waals surface area contributed by atoms with E-state index in [0.29, 0.717) is 5.91 Å². The van der Waals surface area contributed by atoms with Crippen LogP contribution in [0.25, 0.3) is 0 Å². The molecule has 0 radical (unpaired) electrons. The maximum absolute atomic E-state index is 13.7. The van der Waals surface area contributed by atoms with Gasteiger partial charge in [-0.15, -0.1) is 0 Å². The highest BCUT2D eigenvalue weighted by molar-refractivity contribution is 5.87. The van der Waals surface area contributed by atoms with Crippen molar-refractivity contribution < 1.29 is 9.53 Å². The summed E-state index contributed by atoms with van der Waals surface area (Å²) in [5, 5.41) is 0. The number of morpholine rings is 1. The predicted octanol–water partition coefficient (Wildman–Crippen LogP) is 2.07. The molecule has 148 valence electrons. The number of hydrogen-bond donors (Lipinski definition) is 0. The summed E-state index contributed by atoms with van der Waals surface area (Å²) >= 11 is 0. The predicted molar refractivity (Wildman–Crippen MR) is 106 cm³/mol. The van der Waals surface area contributed by atoms with E-state index >= 15 is 0 Å². The minimum atomic E-state index is -0.280. The van der Waals surface area contributed by atoms with Gasteiger partial charge in [0.15, 0.2) is 0 Å². The number of piperazine rings is 1. The van der Waals surface area contributed by atoms with Gasteiger partial charge in [-0.1, -0.05) is 19.3 Å². The molecule has 0 spiro atoms. The minimum Gasteiger partial charge on any atom is -0.379 e. The molecule has 1 amide bonds. The zero-order valence-corrected chi connectivity index (χ0v) is 16.5. The van der Waals surface area contributed by atoms with Crippen LogP contribution in [0.15, 0.2) is 18.3 Å². The summed E-state index contributed by atoms with van der Waals surface area (Å²) in [6.45, 7) is 8.73. The monoisotopic (exact) mass is 372 g/mol. The van der Waals surface area contributed by atoms with Crippen LogP contribution in [0.2, 0.25) is 0 Å². The van der Waals surface area contributed by atoms with Gasteiger partial charge in [-0.05, 0) is 31.9 Å². The first-order chi connectivity index (χ1) is 13.2. The molecular weight excluding hydrogens is 340 g/mol. The third-order valence-corrected chi connectivity index (χ3v) is 6.51. The molecule has 0 N–H and O–H groups in total. The molecule has 27 heavy (non-hydrogen) atoms. The largest absolute Gasteiger partial charge is 0.379 e. The number of aromatic nitrogens is 1. The Labute approximate surface area is 162 Å². The lowest BCUT2D eigenvalue weighted by molar-refractivity contribution is -0.151. The van der Waals surface area contributed by atoms with Gasteiger partial charge in [0.1, 0.15) is 5.54 Å². The molecule has 6 heteroatoms. The molecule has 1 aromatic rings. The van der Waals surface area contributed by atoms with E-state index in [9.17, 15) is 4.79 Å². The molecule has 3 fully saturated rings. The number of nitrogens with zero attached hydrogens (tertiary/aromatic N) is 4. The van der Waals surface area contributed by atoms with Gasteiger partial charge in [-0.25, -0.2) is 0 Å². The summed E-state index contributed by atoms with van der Waals surface area (Å²) in [7, 11) is 0. The summed E-state index contributed by atoms with van der Waals surface area (Å²) in [5.41, 5.74) is 1.98. The van der Waals surface area contributed by atoms with Crippen molar-refractivity contribution >= 4 is 11.6 Å². The Bertz CT molecular complexity index is 645. The molecule has 1 aliphatic carbocycles. The van der Waals surface area contributed by atoms with Crippen LogP contribution in [0.5, 0.6) is 0 Å². The average molecular weight is 373 g/mol. The molecule has 3 heterocycles. The molecule has 0 bridgehead atoms. The van der Waals surface area contributed by atoms with E-state index in [0.717, 1.165) is 71.0 Å². The fourth-order valence-corrected chi connectivity index (χ4v) is 4.98. The highest BCUT2D eigenvalue weighted by Gasteiger charge is 2.47. The Kier molecular flexibility index (Phi) is 5.64. The van der Waals surface area contributed by atoms with Crippen molar-refractivity contribution in [2.75, 3.05) is 57.4 Å². The van der Waals surface area contributed by atoms with Gasteiger partial charge in [-0.2, -0.15) is 0 Å². The van der Waals surface area contributed by atoms with E-state index in [1.54, 1.807) is 0 Å². The van der Waals surface area contributed by atoms with E-state index in [1.807, 2.05) is 13.1 Å². The van der Waals surface area contributed by atoms with Crippen LogP contribution in [0, 0.1) is 6.92 Å². The van der Waals surface area contributed by atoms with Gasteiger partial charge in [0.25, 0.3) is 0 Å². The van der Waals surface area contributed by atoms with E-state index in [4.69, 9.17) is 4.74 Å². The standard InChI is InChI=1S/C21H32N4O2/c1-18-17-19(5-8-22-18)23-9-11-24(12-10-23)20(26)21(6-3-2-4-7-21)25-13-15-27-16-14-25/h5,8,17H,2-4,6-7,9-16H2,1H3. The first-order valence-electron chi connectivity index (χ1n) is 10.5. The Morgan fingerprint density at radius 3 is 2.41 bits per heavy atom. The van der Waals surface area contributed by atoms with Crippen molar-refractivity contribution in [3.63, 3.8) is 0 Å². The van der Waals surface area contributed by atoms with Crippen molar-refractivity contribution in [1.82, 2.24) is 14.8 Å². The van der Waals surface area contributed by atoms with E-state index < -0.39 is 0 Å². The number of carbonyl (C=O) groups excluding carboxylic acids is 1. The number of anilines is 1. The molecule has 2 aliphatic heterocycles. The normalized spacial score (nSPS) is 24.0. The molecule has 6 nitrogen and oxygen atoms in total. The summed E-state index contributed by atoms with van der Waals surface area (Å²) < 4.78 is 5.56. The molecule has 2 saturated heterocycles. The van der Waals surface area contributed by atoms with Crippen molar-refractivity contribution in [3.05, 3.63) is 24.0 Å². The molecular formula is C21H32N4O2. The van der Waals surface area contributed by atoms with Crippen LogP contribution >= 0.6 is 0 Å². The van der Waals surface area contributed by atoms with Crippen molar-refractivity contribution in [2.45, 2.75) is 44.6 Å². The molecule has 1 aromatic heterocycles. The lowest BCUT2D eigenvalue weighted by atomic mass is 9.78. The number of ether oxygens (including phenoxy) is 1. The van der Waals surface area contributed by atoms with Gasteiger partial charge in [0.2, 0.25) is 5.91 Å². The van der Waals surface area contributed by atoms with Gasteiger partial charge >= 0.3 is 0 Å². The van der Waals surface area contributed by atoms with Crippen LogP contribution < -0.4 is 4.90 Å². The van der Waals surface area contributed by atoms with Crippen LogP contribution in [-0.4, -0.2) is 78.7 Å². The fourth-order valence-electron chi connectivity index (χ4n) is 4.98. The zero-order valence-electron chi connectivity index (χ0n) is 16.5. The second-order valence-corrected chi connectivity index (χ2v) is 8.13. The summed E-state index contributed by atoms with van der Waals surface area (Å²) in [4.78, 5) is 24.9. The quantitative estimate of drug-likeness (QED) is 0.813. The molecule has 1 saturated carbocycles. The highest BCUT2D eigenvalue weighted by atomic mass is 16.5. The summed E-state index contributed by atoms with van der Waals surface area (Å²) in [6.07, 6.45) is 7.48. The SMILES string of the molecule is Cc1cc(N2CCN(C(=O)C3(N4CCOCC4)CCCCC3)CC2)ccn1. The van der Waals surface area contributed by atoms with Gasteiger partial charge in [0, 0.05) is 56.8 Å². The van der Waals surface area contributed by atoms with Crippen LogP contribution in [0.1, 0.15) is 37.8 Å². The van der Waals surface area contributed by atoms with Crippen molar-refractivity contribution in [2.24, 2.45) is 0 Å². The summed E-state index contributed by atoms with van der Waals surface area (Å²) in [6, 6.07) is 4.20. The van der Waals surface area contributed by atoms with Gasteiger partial charge in [0.05, 0.1) is 13.2 Å². The molecule has 0 aromatic carbocycles. The first kappa shape index (κ1) is 18.7. The maximum Gasteiger partial charge on any atom is 0.243 e. The van der Waals surface area contributed by atoms with E-state index in [2.05, 4.69) is 31.8 Å².